The molecule has 2 amide bonds. The third kappa shape index (κ3) is 6.36. The van der Waals surface area contributed by atoms with Crippen molar-refractivity contribution in [3.8, 4) is 5.75 Å². The zero-order valence-corrected chi connectivity index (χ0v) is 21.9. The zero-order valence-electron chi connectivity index (χ0n) is 21.9. The normalized spacial score (nSPS) is 10.8. The first-order valence-electron chi connectivity index (χ1n) is 12.6. The molecule has 0 saturated heterocycles. The van der Waals surface area contributed by atoms with Gasteiger partial charge in [-0.1, -0.05) is 58.0 Å². The lowest BCUT2D eigenvalue weighted by molar-refractivity contribution is 0.256. The van der Waals surface area contributed by atoms with Crippen LogP contribution in [0.5, 0.6) is 5.75 Å². The fourth-order valence-corrected chi connectivity index (χ4v) is 4.28. The zero-order chi connectivity index (χ0) is 25.4. The second kappa shape index (κ2) is 12.3. The molecule has 0 radical (unpaired) electrons. The van der Waals surface area contributed by atoms with Gasteiger partial charge in [-0.3, -0.25) is 4.90 Å². The maximum atomic E-state index is 13.8. The lowest BCUT2D eigenvalue weighted by Crippen LogP contribution is -2.35. The minimum absolute atomic E-state index is 0.142. The largest absolute Gasteiger partial charge is 0.497 e. The van der Waals surface area contributed by atoms with Crippen molar-refractivity contribution in [2.75, 3.05) is 29.2 Å². The van der Waals surface area contributed by atoms with E-state index < -0.39 is 0 Å². The van der Waals surface area contributed by atoms with E-state index in [1.54, 1.807) is 7.11 Å². The highest BCUT2D eigenvalue weighted by molar-refractivity contribution is 6.03. The SMILES string of the molecule is CCNc1ccc(CC)c(NC(=O)N(Cc2ccc(OC)cc2)c2ccc(C(C)C)cc2)c1CC. The predicted octanol–water partition coefficient (Wildman–Crippen LogP) is 7.61. The highest BCUT2D eigenvalue weighted by Crippen LogP contribution is 2.31. The van der Waals surface area contributed by atoms with Crippen LogP contribution in [0.1, 0.15) is 62.8 Å². The molecule has 0 aliphatic rings. The van der Waals surface area contributed by atoms with Crippen LogP contribution in [-0.2, 0) is 19.4 Å². The van der Waals surface area contributed by atoms with Crippen molar-refractivity contribution < 1.29 is 9.53 Å². The number of anilines is 3. The van der Waals surface area contributed by atoms with Crippen molar-refractivity contribution in [2.45, 2.75) is 59.9 Å². The molecule has 5 nitrogen and oxygen atoms in total. The van der Waals surface area contributed by atoms with Crippen molar-refractivity contribution in [1.29, 1.82) is 0 Å². The molecule has 0 saturated carbocycles. The molecule has 0 aliphatic carbocycles. The number of benzene rings is 3. The summed E-state index contributed by atoms with van der Waals surface area (Å²) in [5.74, 6) is 1.23. The standard InChI is InChI=1S/C30H39N3O2/c1-7-23-14-19-28(31-9-3)27(8-2)29(23)32-30(34)33(20-22-10-17-26(35-6)18-11-22)25-15-12-24(13-16-25)21(4)5/h10-19,21,31H,7-9,20H2,1-6H3,(H,32,34). The molecule has 0 atom stereocenters. The number of urea groups is 1. The van der Waals surface area contributed by atoms with Gasteiger partial charge in [0.2, 0.25) is 0 Å². The third-order valence-electron chi connectivity index (χ3n) is 6.35. The van der Waals surface area contributed by atoms with Crippen molar-refractivity contribution in [3.63, 3.8) is 0 Å². The van der Waals surface area contributed by atoms with Crippen LogP contribution < -0.4 is 20.3 Å². The summed E-state index contributed by atoms with van der Waals surface area (Å²) < 4.78 is 5.30. The van der Waals surface area contributed by atoms with Gasteiger partial charge in [0.05, 0.1) is 19.3 Å². The maximum Gasteiger partial charge on any atom is 0.326 e. The number of ether oxygens (including phenoxy) is 1. The van der Waals surface area contributed by atoms with Crippen LogP contribution in [0.3, 0.4) is 0 Å². The number of hydrogen-bond donors (Lipinski definition) is 2. The van der Waals surface area contributed by atoms with E-state index in [1.807, 2.05) is 41.3 Å². The van der Waals surface area contributed by atoms with Crippen molar-refractivity contribution >= 4 is 23.1 Å². The van der Waals surface area contributed by atoms with Crippen LogP contribution in [0.2, 0.25) is 0 Å². The predicted molar refractivity (Wildman–Crippen MR) is 148 cm³/mol. The van der Waals surface area contributed by atoms with Gasteiger partial charge in [0, 0.05) is 17.9 Å². The number of nitrogens with zero attached hydrogens (tertiary/aromatic N) is 1. The minimum atomic E-state index is -0.142. The molecule has 0 unspecified atom stereocenters. The molecule has 0 heterocycles. The highest BCUT2D eigenvalue weighted by Gasteiger charge is 2.20. The summed E-state index contributed by atoms with van der Waals surface area (Å²) >= 11 is 0. The van der Waals surface area contributed by atoms with Gasteiger partial charge in [-0.2, -0.15) is 0 Å². The van der Waals surface area contributed by atoms with Gasteiger partial charge in [0.15, 0.2) is 0 Å². The molecule has 0 fully saturated rings. The Balaban J connectivity index is 1.99. The average Bonchev–Trinajstić information content (AvgIpc) is 2.88. The second-order valence-electron chi connectivity index (χ2n) is 8.97. The molecule has 186 valence electrons. The number of aryl methyl sites for hydroxylation is 1. The molecule has 0 spiro atoms. The number of rotatable bonds is 10. The van der Waals surface area contributed by atoms with Crippen molar-refractivity contribution in [3.05, 3.63) is 82.9 Å². The minimum Gasteiger partial charge on any atom is -0.497 e. The van der Waals surface area contributed by atoms with E-state index in [0.29, 0.717) is 12.5 Å². The lowest BCUT2D eigenvalue weighted by Gasteiger charge is -2.26. The Morgan fingerprint density at radius 2 is 1.60 bits per heavy atom. The van der Waals surface area contributed by atoms with Gasteiger partial charge < -0.3 is 15.4 Å². The summed E-state index contributed by atoms with van der Waals surface area (Å²) in [6, 6.07) is 20.2. The van der Waals surface area contributed by atoms with Gasteiger partial charge in [-0.15, -0.1) is 0 Å². The van der Waals surface area contributed by atoms with E-state index in [2.05, 4.69) is 69.5 Å². The van der Waals surface area contributed by atoms with Gasteiger partial charge in [0.25, 0.3) is 0 Å². The van der Waals surface area contributed by atoms with Crippen LogP contribution in [-0.4, -0.2) is 19.7 Å². The van der Waals surface area contributed by atoms with Gasteiger partial charge in [0.1, 0.15) is 5.75 Å². The molecule has 35 heavy (non-hydrogen) atoms. The molecule has 0 aliphatic heterocycles. The first kappa shape index (κ1) is 26.1. The number of hydrogen-bond acceptors (Lipinski definition) is 3. The number of methoxy groups -OCH3 is 1. The average molecular weight is 474 g/mol. The third-order valence-corrected chi connectivity index (χ3v) is 6.35. The summed E-state index contributed by atoms with van der Waals surface area (Å²) in [6.07, 6.45) is 1.67. The molecular weight excluding hydrogens is 434 g/mol. The molecule has 3 aromatic rings. The molecular formula is C30H39N3O2. The summed E-state index contributed by atoms with van der Waals surface area (Å²) in [6.45, 7) is 12.0. The van der Waals surface area contributed by atoms with E-state index >= 15 is 0 Å². The first-order chi connectivity index (χ1) is 16.9. The lowest BCUT2D eigenvalue weighted by atomic mass is 10.0. The second-order valence-corrected chi connectivity index (χ2v) is 8.97. The highest BCUT2D eigenvalue weighted by atomic mass is 16.5. The van der Waals surface area contributed by atoms with E-state index in [9.17, 15) is 4.79 Å². The van der Waals surface area contributed by atoms with Gasteiger partial charge in [-0.05, 0) is 78.3 Å². The van der Waals surface area contributed by atoms with Gasteiger partial charge in [-0.25, -0.2) is 4.79 Å². The number of carbonyl (C=O) groups is 1. The Bertz CT molecular complexity index is 1110. The molecule has 0 aromatic heterocycles. The van der Waals surface area contributed by atoms with Crippen LogP contribution in [0, 0.1) is 0 Å². The molecule has 2 N–H and O–H groups in total. The fraction of sp³-hybridized carbons (Fsp3) is 0.367. The van der Waals surface area contributed by atoms with Gasteiger partial charge >= 0.3 is 6.03 Å². The van der Waals surface area contributed by atoms with Crippen LogP contribution in [0.15, 0.2) is 60.7 Å². The molecule has 3 aromatic carbocycles. The monoisotopic (exact) mass is 473 g/mol. The summed E-state index contributed by atoms with van der Waals surface area (Å²) in [4.78, 5) is 15.6. The maximum absolute atomic E-state index is 13.8. The van der Waals surface area contributed by atoms with E-state index in [4.69, 9.17) is 4.74 Å². The van der Waals surface area contributed by atoms with Crippen LogP contribution >= 0.6 is 0 Å². The molecule has 3 rings (SSSR count). The Morgan fingerprint density at radius 1 is 0.914 bits per heavy atom. The number of nitrogens with one attached hydrogen (secondary N) is 2. The van der Waals surface area contributed by atoms with Crippen molar-refractivity contribution in [2.24, 2.45) is 0 Å². The van der Waals surface area contributed by atoms with E-state index in [1.165, 1.54) is 5.56 Å². The Labute approximate surface area is 210 Å². The van der Waals surface area contributed by atoms with E-state index in [0.717, 1.165) is 58.9 Å². The van der Waals surface area contributed by atoms with Crippen LogP contribution in [0.25, 0.3) is 0 Å². The molecule has 0 bridgehead atoms. The van der Waals surface area contributed by atoms with Crippen LogP contribution in [0.4, 0.5) is 21.9 Å². The first-order valence-corrected chi connectivity index (χ1v) is 12.6. The fourth-order valence-electron chi connectivity index (χ4n) is 4.28. The number of amides is 2. The summed E-state index contributed by atoms with van der Waals surface area (Å²) in [7, 11) is 1.66. The quantitative estimate of drug-likeness (QED) is 0.318. The smallest absolute Gasteiger partial charge is 0.326 e. The topological polar surface area (TPSA) is 53.6 Å². The van der Waals surface area contributed by atoms with Crippen molar-refractivity contribution in [1.82, 2.24) is 0 Å². The van der Waals surface area contributed by atoms with E-state index in [-0.39, 0.29) is 6.03 Å². The Hall–Kier alpha value is -3.47. The summed E-state index contributed by atoms with van der Waals surface area (Å²) in [5.41, 5.74) is 7.40. The Kier molecular flexibility index (Phi) is 9.18. The number of carbonyl (C=O) groups excluding carboxylic acids is 1. The Morgan fingerprint density at radius 3 is 2.14 bits per heavy atom. The molecule has 5 heteroatoms. The summed E-state index contributed by atoms with van der Waals surface area (Å²) in [5, 5.41) is 6.72.